The van der Waals surface area contributed by atoms with Gasteiger partial charge in [-0.3, -0.25) is 47.9 Å². The molecule has 7 amide bonds. The highest BCUT2D eigenvalue weighted by atomic mass is 16.6. The first kappa shape index (κ1) is 65.1. The summed E-state index contributed by atoms with van der Waals surface area (Å²) in [4.78, 5) is 161. The number of carbonyl (C=O) groups is 11. The molecule has 440 valence electrons. The third-order valence-corrected chi connectivity index (χ3v) is 15.7. The van der Waals surface area contributed by atoms with Gasteiger partial charge in [0, 0.05) is 46.6 Å². The lowest BCUT2D eigenvalue weighted by atomic mass is 9.86. The lowest BCUT2D eigenvalue weighted by molar-refractivity contribution is -0.162. The van der Waals surface area contributed by atoms with Gasteiger partial charge in [0.05, 0.1) is 19.4 Å². The number of likely N-dealkylation sites (N-methyl/N-ethyl adjacent to an activating group) is 2. The predicted molar refractivity (Wildman–Crippen MR) is 292 cm³/mol. The van der Waals surface area contributed by atoms with Gasteiger partial charge < -0.3 is 49.8 Å². The summed E-state index contributed by atoms with van der Waals surface area (Å²) in [5, 5.41) is 8.61. The fraction of sp³-hybridized carbons (Fsp3) is 0.707. The highest BCUT2D eigenvalue weighted by molar-refractivity contribution is 6.35. The van der Waals surface area contributed by atoms with Gasteiger partial charge in [-0.25, -0.2) is 4.79 Å². The van der Waals surface area contributed by atoms with Crippen molar-refractivity contribution < 1.29 is 67.0 Å². The van der Waals surface area contributed by atoms with Crippen molar-refractivity contribution in [1.29, 1.82) is 0 Å². The van der Waals surface area contributed by atoms with Crippen LogP contribution in [0.25, 0.3) is 0 Å². The Bertz CT molecular complexity index is 2380. The number of benzene rings is 1. The van der Waals surface area contributed by atoms with Gasteiger partial charge in [0.25, 0.3) is 5.91 Å². The van der Waals surface area contributed by atoms with Gasteiger partial charge in [-0.1, -0.05) is 80.9 Å². The molecule has 79 heavy (non-hydrogen) atoms. The van der Waals surface area contributed by atoms with E-state index in [9.17, 15) is 47.9 Å². The van der Waals surface area contributed by atoms with Crippen molar-refractivity contribution in [3.05, 3.63) is 29.8 Å². The highest BCUT2D eigenvalue weighted by Gasteiger charge is 2.46. The molecule has 0 saturated carbocycles. The first-order valence-electron chi connectivity index (χ1n) is 28.2. The minimum Gasteiger partial charge on any atom is -0.497 e. The van der Waals surface area contributed by atoms with E-state index in [4.69, 9.17) is 14.2 Å². The summed E-state index contributed by atoms with van der Waals surface area (Å²) in [6.45, 7) is 20.5. The Hall–Kier alpha value is -6.41. The van der Waals surface area contributed by atoms with Crippen LogP contribution in [0.5, 0.6) is 5.75 Å². The van der Waals surface area contributed by atoms with Crippen molar-refractivity contribution in [3.63, 3.8) is 0 Å². The quantitative estimate of drug-likeness (QED) is 0.128. The molecule has 12 atom stereocenters. The molecule has 3 saturated heterocycles. The Labute approximate surface area is 466 Å². The Balaban J connectivity index is 1.89. The number of cyclic esters (lactones) is 2. The molecule has 3 heterocycles. The number of nitrogens with one attached hydrogen (secondary N) is 3. The summed E-state index contributed by atoms with van der Waals surface area (Å²) >= 11 is 0. The first-order valence-corrected chi connectivity index (χ1v) is 28.2. The van der Waals surface area contributed by atoms with Crippen molar-refractivity contribution in [1.82, 2.24) is 35.6 Å². The molecular formula is C58H89N7O14. The van der Waals surface area contributed by atoms with Crippen LogP contribution in [0.1, 0.15) is 140 Å². The van der Waals surface area contributed by atoms with Crippen LogP contribution >= 0.6 is 0 Å². The molecule has 21 heteroatoms. The molecule has 1 aromatic carbocycles. The fourth-order valence-corrected chi connectivity index (χ4v) is 10.8. The van der Waals surface area contributed by atoms with Gasteiger partial charge in [-0.15, -0.1) is 0 Å². The summed E-state index contributed by atoms with van der Waals surface area (Å²) in [5.74, 6) is -10.8. The van der Waals surface area contributed by atoms with Gasteiger partial charge >= 0.3 is 11.9 Å². The van der Waals surface area contributed by atoms with Crippen LogP contribution in [0, 0.1) is 35.5 Å². The SMILES string of the molecule is CCC(C)[C@H]1NC(=O)C(NC(=O)[C@@H](CC(C)C)N(C)C(=O)C2CCCN2C(=O)C(C)=O)[C@H](C)OC(=O)[C@H](Cc2ccc(OC)cc2)N(C)C(=O)C2CCCN2C(=O)[C@H](CC(C)C)NC(=O)[C@@H](C)C(=O)[C@H](C(C)C)OC(=O)C[C@H]1C. The predicted octanol–water partition coefficient (Wildman–Crippen LogP) is 3.80. The number of ether oxygens (including phenoxy) is 3. The average Bonchev–Trinajstić information content (AvgIpc) is 4.13. The van der Waals surface area contributed by atoms with E-state index in [-0.39, 0.29) is 69.4 Å². The van der Waals surface area contributed by atoms with E-state index in [1.807, 2.05) is 41.5 Å². The number of Topliss-reactive ketones (excluding diaryl/α,β-unsaturated/α-hetero) is 2. The normalized spacial score (nSPS) is 27.2. The van der Waals surface area contributed by atoms with Crippen molar-refractivity contribution in [2.75, 3.05) is 34.3 Å². The smallest absolute Gasteiger partial charge is 0.329 e. The van der Waals surface area contributed by atoms with Crippen molar-refractivity contribution in [2.24, 2.45) is 35.5 Å². The maximum atomic E-state index is 15.1. The number of amides is 7. The monoisotopic (exact) mass is 1110 g/mol. The summed E-state index contributed by atoms with van der Waals surface area (Å²) in [5.41, 5.74) is 0.594. The number of hydrogen-bond donors (Lipinski definition) is 3. The van der Waals surface area contributed by atoms with Gasteiger partial charge in [0.15, 0.2) is 11.9 Å². The zero-order chi connectivity index (χ0) is 59.3. The molecule has 21 nitrogen and oxygen atoms in total. The van der Waals surface area contributed by atoms with E-state index < -0.39 is 137 Å². The molecule has 4 rings (SSSR count). The zero-order valence-corrected chi connectivity index (χ0v) is 49.3. The number of fused-ring (bicyclic) bond motifs is 1. The second kappa shape index (κ2) is 29.2. The van der Waals surface area contributed by atoms with E-state index in [1.165, 1.54) is 54.7 Å². The molecule has 4 unspecified atom stereocenters. The Kier molecular flexibility index (Phi) is 24.0. The molecule has 0 aromatic heterocycles. The maximum absolute atomic E-state index is 15.1. The topological polar surface area (TPSA) is 265 Å². The highest BCUT2D eigenvalue weighted by Crippen LogP contribution is 2.28. The van der Waals surface area contributed by atoms with Crippen molar-refractivity contribution in [2.45, 2.75) is 195 Å². The number of carbonyl (C=O) groups excluding carboxylic acids is 11. The minimum atomic E-state index is -1.66. The van der Waals surface area contributed by atoms with Gasteiger partial charge in [-0.05, 0) is 99.7 Å². The number of esters is 2. The summed E-state index contributed by atoms with van der Waals surface area (Å²) < 4.78 is 17.5. The van der Waals surface area contributed by atoms with Gasteiger partial charge in [0.2, 0.25) is 41.2 Å². The lowest BCUT2D eigenvalue weighted by Gasteiger charge is -2.36. The standard InChI is InChI=1S/C58H89N7O14/c1-16-34(8)47-35(9)29-46(67)79-50(33(6)7)49(68)36(10)51(69)59-41(27-31(2)3)55(73)65-26-18-20-43(65)57(75)63(14)45(30-39-21-23-40(77-15)24-22-39)58(76)78-38(12)48(53(71)60-47)61-52(70)44(28-32(4)5)62(13)56(74)42-19-17-25-64(42)54(72)37(11)66/h21-24,31-36,38,41-45,47-48,50H,16-20,25-30H2,1-15H3,(H,59,69)(H,60,71)(H,61,70)/t34?,35-,36+,38+,41+,42?,43?,44-,45+,47-,48?,50+/m1/s1. The number of rotatable bonds is 15. The van der Waals surface area contributed by atoms with Crippen LogP contribution in [0.4, 0.5) is 0 Å². The van der Waals surface area contributed by atoms with Gasteiger partial charge in [0.1, 0.15) is 48.1 Å². The molecule has 3 aliphatic rings. The van der Waals surface area contributed by atoms with E-state index in [1.54, 1.807) is 45.0 Å². The van der Waals surface area contributed by atoms with Crippen LogP contribution in [0.2, 0.25) is 0 Å². The van der Waals surface area contributed by atoms with Gasteiger partial charge in [-0.2, -0.15) is 0 Å². The molecule has 0 radical (unpaired) electrons. The summed E-state index contributed by atoms with van der Waals surface area (Å²) in [6, 6.07) is -1.50. The molecule has 0 bridgehead atoms. The molecule has 3 aliphatic heterocycles. The summed E-state index contributed by atoms with van der Waals surface area (Å²) in [6.07, 6.45) is -1.12. The van der Waals surface area contributed by atoms with Crippen LogP contribution in [-0.4, -0.2) is 173 Å². The number of likely N-dealkylation sites (tertiary alicyclic amines) is 1. The van der Waals surface area contributed by atoms with Crippen LogP contribution < -0.4 is 20.7 Å². The molecular weight excluding hydrogens is 1020 g/mol. The van der Waals surface area contributed by atoms with E-state index in [2.05, 4.69) is 16.0 Å². The number of nitrogens with zero attached hydrogens (tertiary/aromatic N) is 4. The second-order valence-electron chi connectivity index (χ2n) is 23.2. The molecule has 0 aliphatic carbocycles. The summed E-state index contributed by atoms with van der Waals surface area (Å²) in [7, 11) is 4.34. The minimum absolute atomic E-state index is 0.0945. The molecule has 0 spiro atoms. The lowest BCUT2D eigenvalue weighted by Crippen LogP contribution is -2.61. The molecule has 3 N–H and O–H groups in total. The first-order chi connectivity index (χ1) is 37.0. The third kappa shape index (κ3) is 16.8. The van der Waals surface area contributed by atoms with Crippen LogP contribution in [0.15, 0.2) is 24.3 Å². The van der Waals surface area contributed by atoms with Crippen LogP contribution in [-0.2, 0) is 68.6 Å². The van der Waals surface area contributed by atoms with Crippen molar-refractivity contribution >= 4 is 64.9 Å². The Morgan fingerprint density at radius 3 is 2.04 bits per heavy atom. The Morgan fingerprint density at radius 2 is 1.47 bits per heavy atom. The zero-order valence-electron chi connectivity index (χ0n) is 49.3. The van der Waals surface area contributed by atoms with E-state index >= 15 is 4.79 Å². The maximum Gasteiger partial charge on any atom is 0.329 e. The average molecular weight is 1110 g/mol. The number of methoxy groups -OCH3 is 1. The largest absolute Gasteiger partial charge is 0.497 e. The van der Waals surface area contributed by atoms with E-state index in [0.29, 0.717) is 30.6 Å². The third-order valence-electron chi connectivity index (χ3n) is 15.7. The molecule has 3 fully saturated rings. The molecule has 1 aromatic rings. The fourth-order valence-electron chi connectivity index (χ4n) is 10.8. The second-order valence-corrected chi connectivity index (χ2v) is 23.2. The van der Waals surface area contributed by atoms with Crippen LogP contribution in [0.3, 0.4) is 0 Å². The number of ketones is 2. The number of hydrogen-bond acceptors (Lipinski definition) is 14. The Morgan fingerprint density at radius 1 is 0.835 bits per heavy atom. The van der Waals surface area contributed by atoms with E-state index in [0.717, 1.165) is 6.92 Å². The van der Waals surface area contributed by atoms with Crippen molar-refractivity contribution in [3.8, 4) is 5.75 Å².